The summed E-state index contributed by atoms with van der Waals surface area (Å²) in [7, 11) is -0.671. The Balaban J connectivity index is 0.000000431. The van der Waals surface area contributed by atoms with Crippen molar-refractivity contribution in [1.82, 2.24) is 0 Å². The smallest absolute Gasteiger partial charge is 0.204 e. The SMILES string of the molecule is CN1CCCCc2cc(/C=C/c3cccc[n+]3C)ccc21.[O-][Cl+3]([O-])([O-])[O-]. The number of hydrogen-bond acceptors (Lipinski definition) is 5. The summed E-state index contributed by atoms with van der Waals surface area (Å²) >= 11 is 0. The lowest BCUT2D eigenvalue weighted by Crippen LogP contribution is -2.68. The van der Waals surface area contributed by atoms with Gasteiger partial charge in [-0.05, 0) is 54.7 Å². The van der Waals surface area contributed by atoms with Crippen LogP contribution in [0.4, 0.5) is 5.69 Å². The molecular formula is C19H23ClN2O4. The molecule has 7 heteroatoms. The van der Waals surface area contributed by atoms with Crippen LogP contribution in [-0.2, 0) is 13.5 Å². The lowest BCUT2D eigenvalue weighted by atomic mass is 10.0. The standard InChI is InChI=1S/C19H23N2.ClHO4/c1-20-13-6-4-8-18(20)11-9-16-10-12-19-17(15-16)7-3-5-14-21(19)2;2-1(3,4)5/h4,6,8-13,15H,3,5,7,14H2,1-2H3;(H,2,3,4,5)/q+1;/p-1. The molecule has 140 valence electrons. The van der Waals surface area contributed by atoms with E-state index in [9.17, 15) is 0 Å². The molecule has 0 amide bonds. The van der Waals surface area contributed by atoms with Crippen molar-refractivity contribution >= 4 is 17.8 Å². The molecule has 0 radical (unpaired) electrons. The van der Waals surface area contributed by atoms with Crippen LogP contribution in [0.25, 0.3) is 12.2 Å². The van der Waals surface area contributed by atoms with Crippen LogP contribution < -0.4 is 28.1 Å². The molecule has 0 N–H and O–H groups in total. The lowest BCUT2D eigenvalue weighted by molar-refractivity contribution is -2.00. The van der Waals surface area contributed by atoms with E-state index in [2.05, 4.69) is 78.3 Å². The molecule has 2 heterocycles. The van der Waals surface area contributed by atoms with Crippen LogP contribution in [0.3, 0.4) is 0 Å². The highest BCUT2D eigenvalue weighted by atomic mass is 35.7. The number of benzene rings is 1. The third kappa shape index (κ3) is 6.74. The van der Waals surface area contributed by atoms with Crippen molar-refractivity contribution in [2.45, 2.75) is 19.3 Å². The molecule has 0 spiro atoms. The first-order chi connectivity index (χ1) is 12.2. The third-order valence-corrected chi connectivity index (χ3v) is 4.25. The van der Waals surface area contributed by atoms with Crippen LogP contribution in [0, 0.1) is 10.2 Å². The summed E-state index contributed by atoms with van der Waals surface area (Å²) < 4.78 is 36.1. The van der Waals surface area contributed by atoms with Crippen molar-refractivity contribution in [2.75, 3.05) is 18.5 Å². The molecule has 0 aliphatic carbocycles. The third-order valence-electron chi connectivity index (χ3n) is 4.25. The van der Waals surface area contributed by atoms with Crippen molar-refractivity contribution in [3.63, 3.8) is 0 Å². The zero-order chi connectivity index (χ0) is 19.2. The van der Waals surface area contributed by atoms with Gasteiger partial charge in [-0.3, -0.25) is 0 Å². The number of hydrogen-bond donors (Lipinski definition) is 0. The maximum absolute atomic E-state index is 8.49. The van der Waals surface area contributed by atoms with Crippen molar-refractivity contribution in [2.24, 2.45) is 7.05 Å². The Kier molecular flexibility index (Phi) is 7.14. The van der Waals surface area contributed by atoms with Crippen LogP contribution in [0.2, 0.25) is 0 Å². The number of aryl methyl sites for hydroxylation is 2. The average Bonchev–Trinajstić information content (AvgIpc) is 2.74. The van der Waals surface area contributed by atoms with Crippen LogP contribution in [-0.4, -0.2) is 13.6 Å². The first kappa shape index (κ1) is 20.4. The molecule has 0 atom stereocenters. The Morgan fingerprint density at radius 3 is 2.46 bits per heavy atom. The van der Waals surface area contributed by atoms with E-state index in [1.807, 2.05) is 0 Å². The second-order valence-corrected chi connectivity index (χ2v) is 6.97. The van der Waals surface area contributed by atoms with E-state index in [4.69, 9.17) is 18.6 Å². The normalized spacial score (nSPS) is 14.5. The number of nitrogens with zero attached hydrogens (tertiary/aromatic N) is 2. The minimum Gasteiger partial charge on any atom is -0.374 e. The van der Waals surface area contributed by atoms with Gasteiger partial charge in [0.25, 0.3) is 0 Å². The van der Waals surface area contributed by atoms with Gasteiger partial charge in [-0.15, -0.1) is 10.2 Å². The van der Waals surface area contributed by atoms with Gasteiger partial charge in [0.2, 0.25) is 5.69 Å². The largest absolute Gasteiger partial charge is 0.374 e. The van der Waals surface area contributed by atoms with Gasteiger partial charge in [0, 0.05) is 37.5 Å². The van der Waals surface area contributed by atoms with E-state index in [-0.39, 0.29) is 0 Å². The van der Waals surface area contributed by atoms with Crippen molar-refractivity contribution in [1.29, 1.82) is 0 Å². The van der Waals surface area contributed by atoms with E-state index in [0.29, 0.717) is 0 Å². The summed E-state index contributed by atoms with van der Waals surface area (Å²) in [6.45, 7) is 1.17. The summed E-state index contributed by atoms with van der Waals surface area (Å²) in [5, 5.41) is 0. The molecule has 1 aromatic heterocycles. The van der Waals surface area contributed by atoms with Crippen LogP contribution in [0.1, 0.15) is 29.7 Å². The van der Waals surface area contributed by atoms with Crippen LogP contribution >= 0.6 is 0 Å². The average molecular weight is 379 g/mol. The Bertz CT molecular complexity index is 753. The highest BCUT2D eigenvalue weighted by Gasteiger charge is 2.11. The molecule has 0 bridgehead atoms. The van der Waals surface area contributed by atoms with Gasteiger partial charge in [0.15, 0.2) is 6.20 Å². The summed E-state index contributed by atoms with van der Waals surface area (Å²) in [5.41, 5.74) is 5.38. The maximum atomic E-state index is 8.49. The van der Waals surface area contributed by atoms with Crippen molar-refractivity contribution < 1.29 is 33.4 Å². The summed E-state index contributed by atoms with van der Waals surface area (Å²) in [4.78, 5) is 2.38. The van der Waals surface area contributed by atoms with Gasteiger partial charge in [-0.1, -0.05) is 6.07 Å². The molecule has 0 unspecified atom stereocenters. The van der Waals surface area contributed by atoms with Gasteiger partial charge in [-0.2, -0.15) is 0 Å². The predicted molar refractivity (Wildman–Crippen MR) is 89.2 cm³/mol. The minimum absolute atomic E-state index is 1.17. The molecular weight excluding hydrogens is 356 g/mol. The molecule has 3 rings (SSSR count). The number of rotatable bonds is 2. The zero-order valence-electron chi connectivity index (χ0n) is 14.9. The summed E-state index contributed by atoms with van der Waals surface area (Å²) in [6, 6.07) is 13.1. The van der Waals surface area contributed by atoms with Gasteiger partial charge < -0.3 is 4.90 Å². The molecule has 6 nitrogen and oxygen atoms in total. The number of halogens is 1. The second kappa shape index (κ2) is 9.12. The second-order valence-electron chi connectivity index (χ2n) is 6.21. The maximum Gasteiger partial charge on any atom is 0.204 e. The molecule has 26 heavy (non-hydrogen) atoms. The molecule has 0 saturated heterocycles. The number of fused-ring (bicyclic) bond motifs is 1. The number of anilines is 1. The minimum atomic E-state index is -4.94. The van der Waals surface area contributed by atoms with E-state index < -0.39 is 10.2 Å². The van der Waals surface area contributed by atoms with Crippen LogP contribution in [0.15, 0.2) is 42.6 Å². The topological polar surface area (TPSA) is 99.4 Å². The van der Waals surface area contributed by atoms with Gasteiger partial charge in [0.1, 0.15) is 7.05 Å². The number of pyridine rings is 1. The monoisotopic (exact) mass is 378 g/mol. The highest BCUT2D eigenvalue weighted by molar-refractivity contribution is 5.69. The fourth-order valence-corrected chi connectivity index (χ4v) is 2.96. The van der Waals surface area contributed by atoms with Gasteiger partial charge in [0.05, 0.1) is 0 Å². The zero-order valence-corrected chi connectivity index (χ0v) is 15.7. The molecule has 1 aliphatic heterocycles. The Morgan fingerprint density at radius 1 is 1.04 bits per heavy atom. The Labute approximate surface area is 156 Å². The summed E-state index contributed by atoms with van der Waals surface area (Å²) in [6.07, 6.45) is 10.2. The first-order valence-electron chi connectivity index (χ1n) is 8.32. The van der Waals surface area contributed by atoms with Crippen molar-refractivity contribution in [3.05, 3.63) is 59.4 Å². The Hall–Kier alpha value is -1.96. The molecule has 0 saturated carbocycles. The summed E-state index contributed by atoms with van der Waals surface area (Å²) in [5.74, 6) is 0. The highest BCUT2D eigenvalue weighted by Crippen LogP contribution is 2.26. The molecule has 0 fully saturated rings. The van der Waals surface area contributed by atoms with E-state index in [1.165, 1.54) is 48.3 Å². The van der Waals surface area contributed by atoms with Crippen LogP contribution in [0.5, 0.6) is 0 Å². The van der Waals surface area contributed by atoms with Gasteiger partial charge >= 0.3 is 0 Å². The number of aromatic nitrogens is 1. The van der Waals surface area contributed by atoms with Gasteiger partial charge in [-0.25, -0.2) is 23.2 Å². The molecule has 1 aromatic carbocycles. The fourth-order valence-electron chi connectivity index (χ4n) is 2.96. The fraction of sp³-hybridized carbons (Fsp3) is 0.316. The Morgan fingerprint density at radius 2 is 1.77 bits per heavy atom. The molecule has 2 aromatic rings. The van der Waals surface area contributed by atoms with Crippen molar-refractivity contribution in [3.8, 4) is 0 Å². The quantitative estimate of drug-likeness (QED) is 0.605. The lowest BCUT2D eigenvalue weighted by Gasteiger charge is -2.19. The van der Waals surface area contributed by atoms with E-state index >= 15 is 0 Å². The van der Waals surface area contributed by atoms with E-state index in [0.717, 1.165) is 0 Å². The first-order valence-corrected chi connectivity index (χ1v) is 9.56. The molecule has 1 aliphatic rings. The van der Waals surface area contributed by atoms with E-state index in [1.54, 1.807) is 0 Å². The predicted octanol–water partition coefficient (Wildman–Crippen LogP) is -1.30.